The average Bonchev–Trinajstić information content (AvgIpc) is 2.78. The van der Waals surface area contributed by atoms with Gasteiger partial charge in [0.1, 0.15) is 11.6 Å². The molecule has 2 heteroatoms. The molecule has 0 aromatic carbocycles. The molecule has 13 heavy (non-hydrogen) atoms. The molecule has 0 aromatic heterocycles. The predicted octanol–water partition coefficient (Wildman–Crippen LogP) is 1.87. The first-order valence-corrected chi connectivity index (χ1v) is 5.28. The number of carbonyl (C=O) groups is 2. The lowest BCUT2D eigenvalue weighted by molar-refractivity contribution is -0.137. The van der Waals surface area contributed by atoms with Crippen LogP contribution in [0.1, 0.15) is 44.9 Å². The van der Waals surface area contributed by atoms with Crippen molar-refractivity contribution in [2.75, 3.05) is 0 Å². The van der Waals surface area contributed by atoms with E-state index < -0.39 is 0 Å². The van der Waals surface area contributed by atoms with Gasteiger partial charge in [0.2, 0.25) is 0 Å². The number of hydrogen-bond acceptors (Lipinski definition) is 2. The molecule has 2 nitrogen and oxygen atoms in total. The summed E-state index contributed by atoms with van der Waals surface area (Å²) in [4.78, 5) is 23.6. The first-order chi connectivity index (χ1) is 6.21. The summed E-state index contributed by atoms with van der Waals surface area (Å²) < 4.78 is 0. The van der Waals surface area contributed by atoms with Crippen molar-refractivity contribution in [2.45, 2.75) is 44.9 Å². The van der Waals surface area contributed by atoms with Crippen LogP contribution in [0.25, 0.3) is 0 Å². The van der Waals surface area contributed by atoms with Crippen molar-refractivity contribution < 1.29 is 9.59 Å². The van der Waals surface area contributed by atoms with E-state index >= 15 is 0 Å². The van der Waals surface area contributed by atoms with Crippen molar-refractivity contribution in [2.24, 2.45) is 10.8 Å². The zero-order valence-corrected chi connectivity index (χ0v) is 7.77. The van der Waals surface area contributed by atoms with Crippen LogP contribution in [0, 0.1) is 10.8 Å². The summed E-state index contributed by atoms with van der Waals surface area (Å²) in [5.74, 6) is 0.790. The van der Waals surface area contributed by atoms with Crippen molar-refractivity contribution in [3.05, 3.63) is 0 Å². The van der Waals surface area contributed by atoms with Gasteiger partial charge in [0.05, 0.1) is 0 Å². The van der Waals surface area contributed by atoms with Crippen LogP contribution in [-0.2, 0) is 9.59 Å². The van der Waals surface area contributed by atoms with E-state index in [-0.39, 0.29) is 10.8 Å². The second kappa shape index (κ2) is 2.05. The SMILES string of the molecule is O=C1CCCC23CC12CCCC3=O. The lowest BCUT2D eigenvalue weighted by Gasteiger charge is -2.32. The molecule has 3 aliphatic carbocycles. The first-order valence-electron chi connectivity index (χ1n) is 5.28. The normalized spacial score (nSPS) is 48.3. The Hall–Kier alpha value is -0.660. The van der Waals surface area contributed by atoms with Gasteiger partial charge in [-0.3, -0.25) is 9.59 Å². The van der Waals surface area contributed by atoms with E-state index in [1.54, 1.807) is 0 Å². The van der Waals surface area contributed by atoms with Gasteiger partial charge < -0.3 is 0 Å². The highest BCUT2D eigenvalue weighted by atomic mass is 16.1. The molecule has 3 aliphatic rings. The maximum atomic E-state index is 11.8. The molecule has 0 amide bonds. The fraction of sp³-hybridized carbons (Fsp3) is 0.818. The Morgan fingerprint density at radius 3 is 1.77 bits per heavy atom. The number of carbonyl (C=O) groups excluding carboxylic acids is 2. The molecule has 0 heterocycles. The van der Waals surface area contributed by atoms with Gasteiger partial charge >= 0.3 is 0 Å². The second-order valence-corrected chi connectivity index (χ2v) is 4.89. The van der Waals surface area contributed by atoms with E-state index in [4.69, 9.17) is 0 Å². The van der Waals surface area contributed by atoms with Gasteiger partial charge in [-0.1, -0.05) is 0 Å². The summed E-state index contributed by atoms with van der Waals surface area (Å²) in [5, 5.41) is 0. The summed E-state index contributed by atoms with van der Waals surface area (Å²) in [5.41, 5.74) is -0.277. The van der Waals surface area contributed by atoms with Gasteiger partial charge in [-0.2, -0.15) is 0 Å². The quantitative estimate of drug-likeness (QED) is 0.567. The Bertz CT molecular complexity index is 277. The molecule has 0 aliphatic heterocycles. The van der Waals surface area contributed by atoms with Crippen LogP contribution in [0.3, 0.4) is 0 Å². The fourth-order valence-corrected chi connectivity index (χ4v) is 3.72. The molecular formula is C11H14O2. The van der Waals surface area contributed by atoms with E-state index in [0.717, 1.165) is 44.9 Å². The maximum absolute atomic E-state index is 11.8. The maximum Gasteiger partial charge on any atom is 0.140 e. The minimum absolute atomic E-state index is 0.138. The van der Waals surface area contributed by atoms with Crippen molar-refractivity contribution in [1.29, 1.82) is 0 Å². The van der Waals surface area contributed by atoms with Crippen LogP contribution in [0.5, 0.6) is 0 Å². The topological polar surface area (TPSA) is 34.1 Å². The summed E-state index contributed by atoms with van der Waals surface area (Å²) >= 11 is 0. The summed E-state index contributed by atoms with van der Waals surface area (Å²) in [6.07, 6.45) is 6.26. The van der Waals surface area contributed by atoms with Crippen molar-refractivity contribution >= 4 is 11.6 Å². The van der Waals surface area contributed by atoms with Gasteiger partial charge in [-0.05, 0) is 32.1 Å². The summed E-state index contributed by atoms with van der Waals surface area (Å²) in [6.45, 7) is 0. The lowest BCUT2D eigenvalue weighted by atomic mass is 9.69. The third kappa shape index (κ3) is 0.673. The number of hydrogen-bond donors (Lipinski definition) is 0. The van der Waals surface area contributed by atoms with E-state index in [1.165, 1.54) is 0 Å². The predicted molar refractivity (Wildman–Crippen MR) is 47.2 cm³/mol. The van der Waals surface area contributed by atoms with Crippen molar-refractivity contribution in [1.82, 2.24) is 0 Å². The van der Waals surface area contributed by atoms with Crippen LogP contribution in [0.2, 0.25) is 0 Å². The minimum atomic E-state index is -0.138. The molecule has 2 unspecified atom stereocenters. The Morgan fingerprint density at radius 1 is 0.846 bits per heavy atom. The zero-order chi connectivity index (χ0) is 9.10. The van der Waals surface area contributed by atoms with Crippen LogP contribution in [0.15, 0.2) is 0 Å². The monoisotopic (exact) mass is 178 g/mol. The number of rotatable bonds is 0. The number of ketones is 2. The second-order valence-electron chi connectivity index (χ2n) is 4.89. The van der Waals surface area contributed by atoms with Gasteiger partial charge in [0, 0.05) is 23.7 Å². The standard InChI is InChI=1S/C11H14O2/c12-8-3-1-5-10-7-11(8,10)6-2-4-9(10)13/h1-7H2. The Morgan fingerprint density at radius 2 is 1.31 bits per heavy atom. The first kappa shape index (κ1) is 7.72. The molecule has 70 valence electrons. The molecule has 0 radical (unpaired) electrons. The highest BCUT2D eigenvalue weighted by Gasteiger charge is 2.75. The van der Waals surface area contributed by atoms with E-state index in [9.17, 15) is 9.59 Å². The molecule has 3 saturated carbocycles. The minimum Gasteiger partial charge on any atom is -0.299 e. The van der Waals surface area contributed by atoms with Gasteiger partial charge in [0.25, 0.3) is 0 Å². The fourth-order valence-electron chi connectivity index (χ4n) is 3.72. The summed E-state index contributed by atoms with van der Waals surface area (Å²) in [7, 11) is 0. The molecule has 3 rings (SSSR count). The Kier molecular flexibility index (Phi) is 1.21. The molecule has 0 aromatic rings. The third-order valence-electron chi connectivity index (χ3n) is 4.48. The molecule has 0 saturated heterocycles. The molecule has 0 N–H and O–H groups in total. The lowest BCUT2D eigenvalue weighted by Crippen LogP contribution is -2.36. The van der Waals surface area contributed by atoms with E-state index in [1.807, 2.05) is 0 Å². The highest BCUT2D eigenvalue weighted by Crippen LogP contribution is 2.74. The Balaban J connectivity index is 2.04. The van der Waals surface area contributed by atoms with Gasteiger partial charge in [0.15, 0.2) is 0 Å². The summed E-state index contributed by atoms with van der Waals surface area (Å²) in [6, 6.07) is 0. The smallest absolute Gasteiger partial charge is 0.140 e. The van der Waals surface area contributed by atoms with Crippen LogP contribution < -0.4 is 0 Å². The average molecular weight is 178 g/mol. The van der Waals surface area contributed by atoms with Gasteiger partial charge in [-0.15, -0.1) is 0 Å². The van der Waals surface area contributed by atoms with Crippen LogP contribution in [-0.4, -0.2) is 11.6 Å². The van der Waals surface area contributed by atoms with Crippen LogP contribution in [0.4, 0.5) is 0 Å². The van der Waals surface area contributed by atoms with Crippen molar-refractivity contribution in [3.8, 4) is 0 Å². The molecule has 2 atom stereocenters. The molecule has 3 fully saturated rings. The highest BCUT2D eigenvalue weighted by molar-refractivity contribution is 6.03. The van der Waals surface area contributed by atoms with E-state index in [0.29, 0.717) is 11.6 Å². The largest absolute Gasteiger partial charge is 0.299 e. The zero-order valence-electron chi connectivity index (χ0n) is 7.77. The van der Waals surface area contributed by atoms with E-state index in [2.05, 4.69) is 0 Å². The number of Topliss-reactive ketones (excluding diaryl/α,β-unsaturated/α-hetero) is 2. The molecule has 0 spiro atoms. The molecule has 0 bridgehead atoms. The Labute approximate surface area is 77.7 Å². The third-order valence-corrected chi connectivity index (χ3v) is 4.48. The van der Waals surface area contributed by atoms with Crippen LogP contribution >= 0.6 is 0 Å². The van der Waals surface area contributed by atoms with Gasteiger partial charge in [-0.25, -0.2) is 0 Å². The molecular weight excluding hydrogens is 164 g/mol. The van der Waals surface area contributed by atoms with Crippen molar-refractivity contribution in [3.63, 3.8) is 0 Å².